The predicted octanol–water partition coefficient (Wildman–Crippen LogP) is 5.38. The molecule has 0 radical (unpaired) electrons. The molecule has 1 N–H and O–H groups in total. The molecule has 0 amide bonds. The highest BCUT2D eigenvalue weighted by atomic mass is 16.1. The molecular formula is C30H30N6O. The smallest absolute Gasteiger partial charge is 0.257 e. The van der Waals surface area contributed by atoms with Crippen LogP contribution in [0.3, 0.4) is 0 Å². The van der Waals surface area contributed by atoms with Crippen molar-refractivity contribution in [2.24, 2.45) is 0 Å². The number of hydrogen-bond acceptors (Lipinski definition) is 5. The molecule has 3 aromatic carbocycles. The maximum absolute atomic E-state index is 13.7. The SMILES string of the molecule is CCCCc1nc(C)n(Cc2ccccc2)c(=O)c1Cc1ccc(-c2ccccc2-c2nn[nH]n2)cc1. The molecule has 37 heavy (non-hydrogen) atoms. The molecule has 7 nitrogen and oxygen atoms in total. The van der Waals surface area contributed by atoms with Crippen molar-refractivity contribution in [1.82, 2.24) is 30.2 Å². The molecule has 5 aromatic rings. The normalized spacial score (nSPS) is 11.1. The summed E-state index contributed by atoms with van der Waals surface area (Å²) in [6.07, 6.45) is 3.42. The number of rotatable bonds is 9. The van der Waals surface area contributed by atoms with E-state index >= 15 is 0 Å². The summed E-state index contributed by atoms with van der Waals surface area (Å²) in [5, 5.41) is 14.5. The van der Waals surface area contributed by atoms with Crippen LogP contribution in [0.2, 0.25) is 0 Å². The van der Waals surface area contributed by atoms with Gasteiger partial charge in [-0.3, -0.25) is 9.36 Å². The molecule has 0 unspecified atom stereocenters. The minimum atomic E-state index is 0.0500. The van der Waals surface area contributed by atoms with Crippen molar-refractivity contribution in [3.05, 3.63) is 117 Å². The van der Waals surface area contributed by atoms with Gasteiger partial charge < -0.3 is 0 Å². The maximum Gasteiger partial charge on any atom is 0.257 e. The molecule has 0 spiro atoms. The molecule has 2 heterocycles. The van der Waals surface area contributed by atoms with E-state index in [2.05, 4.69) is 57.9 Å². The van der Waals surface area contributed by atoms with E-state index in [0.717, 1.165) is 64.2 Å². The molecule has 0 fully saturated rings. The summed E-state index contributed by atoms with van der Waals surface area (Å²) in [4.78, 5) is 18.7. The zero-order valence-electron chi connectivity index (χ0n) is 21.2. The lowest BCUT2D eigenvalue weighted by Crippen LogP contribution is -2.30. The number of nitrogens with one attached hydrogen (secondary N) is 1. The van der Waals surface area contributed by atoms with Crippen molar-refractivity contribution < 1.29 is 0 Å². The quantitative estimate of drug-likeness (QED) is 0.300. The lowest BCUT2D eigenvalue weighted by Gasteiger charge is -2.16. The zero-order valence-corrected chi connectivity index (χ0v) is 21.2. The van der Waals surface area contributed by atoms with Gasteiger partial charge in [-0.05, 0) is 47.2 Å². The molecule has 0 saturated carbocycles. The van der Waals surface area contributed by atoms with E-state index in [0.29, 0.717) is 18.8 Å². The van der Waals surface area contributed by atoms with E-state index in [-0.39, 0.29) is 5.56 Å². The summed E-state index contributed by atoms with van der Waals surface area (Å²) < 4.78 is 1.80. The Morgan fingerprint density at radius 1 is 0.865 bits per heavy atom. The topological polar surface area (TPSA) is 89.4 Å². The third kappa shape index (κ3) is 5.40. The van der Waals surface area contributed by atoms with E-state index in [4.69, 9.17) is 4.98 Å². The van der Waals surface area contributed by atoms with Crippen LogP contribution in [0.15, 0.2) is 83.7 Å². The average Bonchev–Trinajstić information content (AvgIpc) is 3.48. The van der Waals surface area contributed by atoms with Gasteiger partial charge in [-0.2, -0.15) is 5.21 Å². The number of H-pyrrole nitrogens is 1. The van der Waals surface area contributed by atoms with Gasteiger partial charge >= 0.3 is 0 Å². The second-order valence-electron chi connectivity index (χ2n) is 9.22. The number of benzene rings is 3. The number of aromatic amines is 1. The Kier molecular flexibility index (Phi) is 7.31. The van der Waals surface area contributed by atoms with Crippen LogP contribution >= 0.6 is 0 Å². The fraction of sp³-hybridized carbons (Fsp3) is 0.233. The van der Waals surface area contributed by atoms with Crippen molar-refractivity contribution in [3.8, 4) is 22.5 Å². The highest BCUT2D eigenvalue weighted by Gasteiger charge is 2.16. The Labute approximate surface area is 216 Å². The number of hydrogen-bond donors (Lipinski definition) is 1. The van der Waals surface area contributed by atoms with Crippen LogP contribution in [-0.2, 0) is 19.4 Å². The van der Waals surface area contributed by atoms with Crippen LogP contribution in [0, 0.1) is 6.92 Å². The monoisotopic (exact) mass is 490 g/mol. The molecule has 0 aliphatic rings. The second kappa shape index (κ2) is 11.1. The fourth-order valence-electron chi connectivity index (χ4n) is 4.65. The van der Waals surface area contributed by atoms with Gasteiger partial charge in [-0.1, -0.05) is 92.2 Å². The predicted molar refractivity (Wildman–Crippen MR) is 145 cm³/mol. The minimum absolute atomic E-state index is 0.0500. The molecule has 186 valence electrons. The first kappa shape index (κ1) is 24.3. The Hall–Kier alpha value is -4.39. The number of nitrogens with zero attached hydrogens (tertiary/aromatic N) is 5. The molecule has 0 aliphatic heterocycles. The molecule has 0 bridgehead atoms. The van der Waals surface area contributed by atoms with Gasteiger partial charge in [0.1, 0.15) is 5.82 Å². The molecule has 2 aromatic heterocycles. The van der Waals surface area contributed by atoms with Crippen molar-refractivity contribution >= 4 is 0 Å². The third-order valence-electron chi connectivity index (χ3n) is 6.65. The molecule has 0 atom stereocenters. The Bertz CT molecular complexity index is 1520. The second-order valence-corrected chi connectivity index (χ2v) is 9.22. The highest BCUT2D eigenvalue weighted by Crippen LogP contribution is 2.30. The molecule has 7 heteroatoms. The van der Waals surface area contributed by atoms with Gasteiger partial charge in [-0.15, -0.1) is 10.2 Å². The van der Waals surface area contributed by atoms with Crippen LogP contribution in [0.5, 0.6) is 0 Å². The molecule has 0 aliphatic carbocycles. The maximum atomic E-state index is 13.7. The molecule has 0 saturated heterocycles. The summed E-state index contributed by atoms with van der Waals surface area (Å²) in [5.41, 5.74) is 6.92. The first-order valence-corrected chi connectivity index (χ1v) is 12.7. The van der Waals surface area contributed by atoms with Gasteiger partial charge in [0.05, 0.1) is 12.2 Å². The van der Waals surface area contributed by atoms with E-state index in [1.54, 1.807) is 4.57 Å². The average molecular weight is 491 g/mol. The first-order valence-electron chi connectivity index (χ1n) is 12.7. The highest BCUT2D eigenvalue weighted by molar-refractivity contribution is 5.80. The van der Waals surface area contributed by atoms with Crippen LogP contribution in [-0.4, -0.2) is 30.2 Å². The Morgan fingerprint density at radius 2 is 1.59 bits per heavy atom. The minimum Gasteiger partial charge on any atom is -0.292 e. The van der Waals surface area contributed by atoms with Crippen LogP contribution in [0.25, 0.3) is 22.5 Å². The Morgan fingerprint density at radius 3 is 2.30 bits per heavy atom. The van der Waals surface area contributed by atoms with Crippen LogP contribution < -0.4 is 5.56 Å². The van der Waals surface area contributed by atoms with Gasteiger partial charge in [0, 0.05) is 17.5 Å². The van der Waals surface area contributed by atoms with Crippen molar-refractivity contribution in [3.63, 3.8) is 0 Å². The largest absolute Gasteiger partial charge is 0.292 e. The van der Waals surface area contributed by atoms with Gasteiger partial charge in [0.2, 0.25) is 5.82 Å². The number of tetrazole rings is 1. The standard InChI is InChI=1S/C30H30N6O/c1-3-4-14-28-27(30(37)36(21(2)31-28)20-23-10-6-5-7-11-23)19-22-15-17-24(18-16-22)25-12-8-9-13-26(25)29-32-34-35-33-29/h5-13,15-18H,3-4,14,19-20H2,1-2H3,(H,32,33,34,35). The summed E-state index contributed by atoms with van der Waals surface area (Å²) in [5.74, 6) is 1.32. The number of unbranched alkanes of at least 4 members (excludes halogenated alkanes) is 1. The zero-order chi connectivity index (χ0) is 25.6. The molecule has 5 rings (SSSR count). The van der Waals surface area contributed by atoms with Crippen molar-refractivity contribution in [2.75, 3.05) is 0 Å². The van der Waals surface area contributed by atoms with Crippen molar-refractivity contribution in [1.29, 1.82) is 0 Å². The van der Waals surface area contributed by atoms with Gasteiger partial charge in [0.15, 0.2) is 0 Å². The summed E-state index contributed by atoms with van der Waals surface area (Å²) in [6.45, 7) is 4.61. The summed E-state index contributed by atoms with van der Waals surface area (Å²) in [7, 11) is 0. The number of aryl methyl sites for hydroxylation is 2. The third-order valence-corrected chi connectivity index (χ3v) is 6.65. The lowest BCUT2D eigenvalue weighted by molar-refractivity contribution is 0.662. The molecular weight excluding hydrogens is 460 g/mol. The number of aromatic nitrogens is 6. The Balaban J connectivity index is 1.48. The van der Waals surface area contributed by atoms with Crippen LogP contribution in [0.1, 0.15) is 48.0 Å². The first-order chi connectivity index (χ1) is 18.1. The van der Waals surface area contributed by atoms with E-state index in [1.807, 2.05) is 55.5 Å². The fourth-order valence-corrected chi connectivity index (χ4v) is 4.65. The van der Waals surface area contributed by atoms with Crippen LogP contribution in [0.4, 0.5) is 0 Å². The van der Waals surface area contributed by atoms with Crippen molar-refractivity contribution in [2.45, 2.75) is 46.1 Å². The van der Waals surface area contributed by atoms with E-state index < -0.39 is 0 Å². The van der Waals surface area contributed by atoms with Gasteiger partial charge in [-0.25, -0.2) is 4.98 Å². The summed E-state index contributed by atoms with van der Waals surface area (Å²) in [6, 6.07) is 26.4. The summed E-state index contributed by atoms with van der Waals surface area (Å²) >= 11 is 0. The van der Waals surface area contributed by atoms with Gasteiger partial charge in [0.25, 0.3) is 5.56 Å². The van der Waals surface area contributed by atoms with E-state index in [9.17, 15) is 4.79 Å². The van der Waals surface area contributed by atoms with E-state index in [1.165, 1.54) is 0 Å². The lowest BCUT2D eigenvalue weighted by atomic mass is 9.96.